The minimum atomic E-state index is -4.36. The maximum atomic E-state index is 13.2. The van der Waals surface area contributed by atoms with Gasteiger partial charge in [0.05, 0.1) is 30.5 Å². The second kappa shape index (κ2) is 13.5. The van der Waals surface area contributed by atoms with Crippen LogP contribution in [0.5, 0.6) is 0 Å². The fourth-order valence-electron chi connectivity index (χ4n) is 5.82. The minimum Gasteiger partial charge on any atom is -0.379 e. The van der Waals surface area contributed by atoms with Crippen LogP contribution in [0, 0.1) is 0 Å². The van der Waals surface area contributed by atoms with Crippen molar-refractivity contribution < 1.29 is 32.2 Å². The van der Waals surface area contributed by atoms with Crippen molar-refractivity contribution in [3.63, 3.8) is 0 Å². The van der Waals surface area contributed by atoms with Gasteiger partial charge in [0.25, 0.3) is 5.91 Å². The number of hydrogen-bond donors (Lipinski definition) is 2. The summed E-state index contributed by atoms with van der Waals surface area (Å²) < 4.78 is 56.0. The molecule has 3 aliphatic rings. The lowest BCUT2D eigenvalue weighted by Crippen LogP contribution is -2.54. The van der Waals surface area contributed by atoms with Crippen LogP contribution in [0.2, 0.25) is 0 Å². The van der Waals surface area contributed by atoms with E-state index in [9.17, 15) is 18.0 Å². The molecule has 41 heavy (non-hydrogen) atoms. The Hall–Kier alpha value is -2.80. The number of carbonyl (C=O) groups excluding carboxylic acids is 1. The molecule has 0 aliphatic carbocycles. The number of carbonyl (C=O) groups is 1. The van der Waals surface area contributed by atoms with E-state index in [2.05, 4.69) is 20.6 Å². The third-order valence-corrected chi connectivity index (χ3v) is 8.19. The molecular formula is C29H38F3N5O4. The predicted octanol–water partition coefficient (Wildman–Crippen LogP) is 4.22. The lowest BCUT2D eigenvalue weighted by molar-refractivity contribution is -0.137. The Morgan fingerprint density at radius 3 is 2.61 bits per heavy atom. The van der Waals surface area contributed by atoms with Crippen molar-refractivity contribution >= 4 is 11.7 Å². The molecule has 3 saturated heterocycles. The van der Waals surface area contributed by atoms with E-state index >= 15 is 0 Å². The maximum absolute atomic E-state index is 13.2. The second-order valence-corrected chi connectivity index (χ2v) is 10.9. The quantitative estimate of drug-likeness (QED) is 0.482. The molecule has 4 heterocycles. The summed E-state index contributed by atoms with van der Waals surface area (Å²) in [6, 6.07) is 7.43. The van der Waals surface area contributed by atoms with E-state index in [1.807, 2.05) is 4.90 Å². The van der Waals surface area contributed by atoms with Crippen LogP contribution >= 0.6 is 0 Å². The van der Waals surface area contributed by atoms with Crippen LogP contribution < -0.4 is 10.6 Å². The van der Waals surface area contributed by atoms with Crippen molar-refractivity contribution in [2.24, 2.45) is 0 Å². The van der Waals surface area contributed by atoms with E-state index in [-0.39, 0.29) is 30.3 Å². The lowest BCUT2D eigenvalue weighted by Gasteiger charge is -2.38. The number of likely N-dealkylation sites (tertiary alicyclic amines) is 1. The molecule has 2 aromatic rings. The number of alkyl halides is 3. The molecule has 2 N–H and O–H groups in total. The summed E-state index contributed by atoms with van der Waals surface area (Å²) in [4.78, 5) is 23.5. The van der Waals surface area contributed by atoms with Crippen molar-refractivity contribution in [2.45, 2.75) is 75.1 Å². The fraction of sp³-hybridized carbons (Fsp3) is 0.621. The van der Waals surface area contributed by atoms with Gasteiger partial charge in [0.1, 0.15) is 17.8 Å². The van der Waals surface area contributed by atoms with E-state index in [0.29, 0.717) is 43.8 Å². The third-order valence-electron chi connectivity index (χ3n) is 8.19. The summed E-state index contributed by atoms with van der Waals surface area (Å²) in [7, 11) is 1.71. The van der Waals surface area contributed by atoms with Gasteiger partial charge in [0.2, 0.25) is 0 Å². The number of piperidine rings is 1. The van der Waals surface area contributed by atoms with Crippen LogP contribution in [0.3, 0.4) is 0 Å². The molecule has 1 aromatic heterocycles. The Kier molecular flexibility index (Phi) is 9.74. The molecule has 4 atom stereocenters. The highest BCUT2D eigenvalue weighted by Crippen LogP contribution is 2.34. The number of amides is 1. The van der Waals surface area contributed by atoms with Crippen molar-refractivity contribution in [1.82, 2.24) is 20.2 Å². The Balaban J connectivity index is 1.10. The maximum Gasteiger partial charge on any atom is 0.416 e. The predicted molar refractivity (Wildman–Crippen MR) is 146 cm³/mol. The van der Waals surface area contributed by atoms with Crippen molar-refractivity contribution in [2.75, 3.05) is 45.3 Å². The second-order valence-electron chi connectivity index (χ2n) is 10.9. The Labute approximate surface area is 238 Å². The molecule has 1 unspecified atom stereocenters. The van der Waals surface area contributed by atoms with Gasteiger partial charge >= 0.3 is 6.18 Å². The van der Waals surface area contributed by atoms with Gasteiger partial charge in [0, 0.05) is 51.5 Å². The molecular weight excluding hydrogens is 539 g/mol. The monoisotopic (exact) mass is 577 g/mol. The Morgan fingerprint density at radius 1 is 1.10 bits per heavy atom. The summed E-state index contributed by atoms with van der Waals surface area (Å²) in [6.07, 6.45) is 1.77. The Bertz CT molecular complexity index is 1140. The zero-order valence-electron chi connectivity index (χ0n) is 23.2. The Morgan fingerprint density at radius 2 is 1.88 bits per heavy atom. The van der Waals surface area contributed by atoms with Crippen molar-refractivity contribution in [3.8, 4) is 0 Å². The molecule has 1 aromatic carbocycles. The number of nitrogens with one attached hydrogen (secondary N) is 2. The average molecular weight is 578 g/mol. The van der Waals surface area contributed by atoms with Crippen LogP contribution in [-0.4, -0.2) is 85.0 Å². The van der Waals surface area contributed by atoms with Crippen LogP contribution in [0.15, 0.2) is 36.7 Å². The molecule has 9 nitrogen and oxygen atoms in total. The number of ether oxygens (including phenoxy) is 3. The van der Waals surface area contributed by atoms with Crippen LogP contribution in [-0.2, 0) is 20.4 Å². The molecule has 0 saturated carbocycles. The van der Waals surface area contributed by atoms with Gasteiger partial charge in [-0.05, 0) is 56.2 Å². The van der Waals surface area contributed by atoms with E-state index in [4.69, 9.17) is 14.2 Å². The van der Waals surface area contributed by atoms with Gasteiger partial charge in [-0.3, -0.25) is 4.79 Å². The molecule has 0 bridgehead atoms. The number of nitrogens with zero attached hydrogens (tertiary/aromatic N) is 3. The first-order valence-electron chi connectivity index (χ1n) is 14.3. The van der Waals surface area contributed by atoms with Gasteiger partial charge in [-0.15, -0.1) is 0 Å². The van der Waals surface area contributed by atoms with Gasteiger partial charge in [-0.25, -0.2) is 9.97 Å². The van der Waals surface area contributed by atoms with Gasteiger partial charge < -0.3 is 29.7 Å². The summed E-state index contributed by atoms with van der Waals surface area (Å²) >= 11 is 0. The minimum absolute atomic E-state index is 0.0464. The summed E-state index contributed by atoms with van der Waals surface area (Å²) in [6.45, 7) is 3.08. The van der Waals surface area contributed by atoms with E-state index < -0.39 is 11.7 Å². The molecule has 12 heteroatoms. The first-order valence-corrected chi connectivity index (χ1v) is 14.3. The fourth-order valence-corrected chi connectivity index (χ4v) is 5.82. The van der Waals surface area contributed by atoms with E-state index in [1.54, 1.807) is 13.2 Å². The highest BCUT2D eigenvalue weighted by atomic mass is 19.4. The zero-order chi connectivity index (χ0) is 28.8. The molecule has 0 radical (unpaired) electrons. The smallest absolute Gasteiger partial charge is 0.379 e. The van der Waals surface area contributed by atoms with Gasteiger partial charge in [0.15, 0.2) is 0 Å². The molecule has 0 spiro atoms. The number of halogens is 3. The molecule has 3 fully saturated rings. The highest BCUT2D eigenvalue weighted by Gasteiger charge is 2.32. The van der Waals surface area contributed by atoms with Crippen molar-refractivity contribution in [3.05, 3.63) is 53.5 Å². The number of anilines is 1. The van der Waals surface area contributed by atoms with Gasteiger partial charge in [-0.2, -0.15) is 13.2 Å². The third kappa shape index (κ3) is 7.73. The summed E-state index contributed by atoms with van der Waals surface area (Å²) in [5.41, 5.74) is 0.411. The number of benzene rings is 1. The summed E-state index contributed by atoms with van der Waals surface area (Å²) in [5, 5.41) is 6.95. The first-order chi connectivity index (χ1) is 19.8. The largest absolute Gasteiger partial charge is 0.416 e. The molecule has 5 rings (SSSR count). The average Bonchev–Trinajstić information content (AvgIpc) is 3.00. The summed E-state index contributed by atoms with van der Waals surface area (Å²) in [5.74, 6) is 0.413. The number of rotatable bonds is 8. The SMILES string of the molecule is CO[C@@H]1COCCC1NC1CCN(C(=O)c2cc(NC[C@H]3CCC[C@@H](c4ccc(C(F)(F)F)cc4)O3)ncn2)CC1. The number of methoxy groups -OCH3 is 1. The van der Waals surface area contributed by atoms with Crippen LogP contribution in [0.25, 0.3) is 0 Å². The van der Waals surface area contributed by atoms with E-state index in [0.717, 1.165) is 62.8 Å². The zero-order valence-corrected chi connectivity index (χ0v) is 23.2. The number of aromatic nitrogens is 2. The van der Waals surface area contributed by atoms with E-state index in [1.165, 1.54) is 18.5 Å². The normalized spacial score (nSPS) is 26.1. The molecule has 3 aliphatic heterocycles. The molecule has 224 valence electrons. The van der Waals surface area contributed by atoms with Crippen molar-refractivity contribution in [1.29, 1.82) is 0 Å². The lowest BCUT2D eigenvalue weighted by atomic mass is 9.97. The molecule has 1 amide bonds. The van der Waals surface area contributed by atoms with Crippen LogP contribution in [0.4, 0.5) is 19.0 Å². The van der Waals surface area contributed by atoms with Crippen LogP contribution in [0.1, 0.15) is 66.2 Å². The number of hydrogen-bond acceptors (Lipinski definition) is 8. The standard InChI is InChI=1S/C29H38F3N5O4/c1-39-26-17-40-14-11-23(26)36-21-9-12-37(13-10-21)28(38)24-15-27(35-18-34-24)33-16-22-3-2-4-25(41-22)19-5-7-20(8-6-19)29(30,31)32/h5-8,15,18,21-23,25-26,36H,2-4,9-14,16-17H2,1H3,(H,33,34,35)/t22-,23?,25+,26-/m1/s1. The van der Waals surface area contributed by atoms with Gasteiger partial charge in [-0.1, -0.05) is 12.1 Å². The highest BCUT2D eigenvalue weighted by molar-refractivity contribution is 5.93. The topological polar surface area (TPSA) is 97.8 Å². The first kappa shape index (κ1) is 29.7.